The van der Waals surface area contributed by atoms with E-state index in [4.69, 9.17) is 4.98 Å². The Hall–Kier alpha value is -3.40. The summed E-state index contributed by atoms with van der Waals surface area (Å²) in [7, 11) is 0. The van der Waals surface area contributed by atoms with Crippen LogP contribution in [-0.2, 0) is 4.79 Å². The Kier molecular flexibility index (Phi) is 6.02. The van der Waals surface area contributed by atoms with Crippen LogP contribution in [0.4, 0.5) is 5.69 Å². The maximum Gasteiger partial charge on any atom is 0.224 e. The molecule has 162 valence electrons. The number of rotatable bonds is 6. The van der Waals surface area contributed by atoms with Crippen LogP contribution >= 0.6 is 0 Å². The fourth-order valence-corrected chi connectivity index (χ4v) is 4.74. The maximum atomic E-state index is 12.6. The molecule has 0 radical (unpaired) electrons. The van der Waals surface area contributed by atoms with Crippen LogP contribution in [0.3, 0.4) is 0 Å². The lowest BCUT2D eigenvalue weighted by Crippen LogP contribution is -2.15. The van der Waals surface area contributed by atoms with Gasteiger partial charge in [0.1, 0.15) is 0 Å². The van der Waals surface area contributed by atoms with Gasteiger partial charge in [0.15, 0.2) is 5.65 Å². The number of carbonyl (C=O) groups excluding carboxylic acids is 1. The summed E-state index contributed by atoms with van der Waals surface area (Å²) in [6, 6.07) is 22.7. The second-order valence-corrected chi connectivity index (χ2v) is 8.81. The minimum atomic E-state index is 0.0837. The van der Waals surface area contributed by atoms with E-state index in [1.54, 1.807) is 0 Å². The summed E-state index contributed by atoms with van der Waals surface area (Å²) in [5, 5.41) is 3.10. The molecule has 1 aliphatic carbocycles. The largest absolute Gasteiger partial charge is 0.323 e. The third kappa shape index (κ3) is 4.59. The van der Waals surface area contributed by atoms with Crippen molar-refractivity contribution in [3.8, 4) is 22.4 Å². The number of nitrogens with zero attached hydrogens (tertiary/aromatic N) is 2. The molecule has 1 N–H and O–H groups in total. The Balaban J connectivity index is 1.31. The van der Waals surface area contributed by atoms with Crippen LogP contribution in [0.5, 0.6) is 0 Å². The average molecular weight is 424 g/mol. The number of aromatic nitrogens is 2. The molecule has 2 aromatic carbocycles. The average Bonchev–Trinajstić information content (AvgIpc) is 3.30. The van der Waals surface area contributed by atoms with Crippen LogP contribution in [0.25, 0.3) is 28.0 Å². The first-order valence-electron chi connectivity index (χ1n) is 11.7. The summed E-state index contributed by atoms with van der Waals surface area (Å²) in [5.41, 5.74) is 5.89. The molecule has 4 aromatic rings. The van der Waals surface area contributed by atoms with Crippen LogP contribution in [0.15, 0.2) is 79.1 Å². The van der Waals surface area contributed by atoms with Crippen molar-refractivity contribution in [2.24, 2.45) is 5.92 Å². The normalized spacial score (nSPS) is 14.5. The monoisotopic (exact) mass is 423 g/mol. The van der Waals surface area contributed by atoms with Gasteiger partial charge in [-0.15, -0.1) is 0 Å². The lowest BCUT2D eigenvalue weighted by molar-refractivity contribution is -0.116. The van der Waals surface area contributed by atoms with E-state index in [9.17, 15) is 4.79 Å². The summed E-state index contributed by atoms with van der Waals surface area (Å²) in [5.74, 6) is 0.794. The highest BCUT2D eigenvalue weighted by Crippen LogP contribution is 2.28. The number of hydrogen-bond donors (Lipinski definition) is 1. The highest BCUT2D eigenvalue weighted by atomic mass is 16.1. The zero-order chi connectivity index (χ0) is 21.8. The fraction of sp³-hybridized carbons (Fsp3) is 0.286. The van der Waals surface area contributed by atoms with Crippen molar-refractivity contribution < 1.29 is 4.79 Å². The number of imidazole rings is 1. The van der Waals surface area contributed by atoms with Crippen LogP contribution in [0.2, 0.25) is 0 Å². The molecule has 0 spiro atoms. The Morgan fingerprint density at radius 1 is 0.875 bits per heavy atom. The first-order valence-corrected chi connectivity index (χ1v) is 11.7. The molecule has 4 heteroatoms. The van der Waals surface area contributed by atoms with E-state index in [0.717, 1.165) is 29.0 Å². The Morgan fingerprint density at radius 3 is 2.38 bits per heavy atom. The van der Waals surface area contributed by atoms with Gasteiger partial charge in [-0.1, -0.05) is 86.7 Å². The smallest absolute Gasteiger partial charge is 0.224 e. The highest BCUT2D eigenvalue weighted by molar-refractivity contribution is 5.94. The topological polar surface area (TPSA) is 46.4 Å². The Labute approximate surface area is 189 Å². The number of amides is 1. The minimum Gasteiger partial charge on any atom is -0.323 e. The van der Waals surface area contributed by atoms with Crippen molar-refractivity contribution in [3.05, 3.63) is 79.1 Å². The van der Waals surface area contributed by atoms with Gasteiger partial charge < -0.3 is 9.72 Å². The standard InChI is InChI=1S/C28H29N3O/c32-27(18-13-21-8-3-1-4-9-21)29-25-12-7-19-31-20-26(30-28(25)31)24-16-14-23(15-17-24)22-10-5-2-6-11-22/h2,5-7,10-12,14-17,19-21H,1,3-4,8-9,13,18H2,(H,29,32). The molecule has 1 fully saturated rings. The van der Waals surface area contributed by atoms with Crippen molar-refractivity contribution >= 4 is 17.2 Å². The summed E-state index contributed by atoms with van der Waals surface area (Å²) < 4.78 is 1.98. The molecule has 0 unspecified atom stereocenters. The molecule has 2 heterocycles. The molecular formula is C28H29N3O. The Morgan fingerprint density at radius 2 is 1.59 bits per heavy atom. The van der Waals surface area contributed by atoms with Crippen LogP contribution in [0, 0.1) is 5.92 Å². The number of fused-ring (bicyclic) bond motifs is 1. The van der Waals surface area contributed by atoms with E-state index in [-0.39, 0.29) is 5.91 Å². The van der Waals surface area contributed by atoms with Gasteiger partial charge in [0.2, 0.25) is 5.91 Å². The molecular weight excluding hydrogens is 394 g/mol. The second-order valence-electron chi connectivity index (χ2n) is 8.81. The molecule has 2 aromatic heterocycles. The van der Waals surface area contributed by atoms with Crippen molar-refractivity contribution in [1.82, 2.24) is 9.38 Å². The van der Waals surface area contributed by atoms with Crippen molar-refractivity contribution in [2.45, 2.75) is 44.9 Å². The molecule has 5 rings (SSSR count). The van der Waals surface area contributed by atoms with Gasteiger partial charge in [-0.2, -0.15) is 0 Å². The van der Waals surface area contributed by atoms with Crippen LogP contribution in [-0.4, -0.2) is 15.3 Å². The molecule has 32 heavy (non-hydrogen) atoms. The quantitative estimate of drug-likeness (QED) is 0.364. The summed E-state index contributed by atoms with van der Waals surface area (Å²) in [6.45, 7) is 0. The van der Waals surface area contributed by atoms with Gasteiger partial charge in [-0.05, 0) is 35.6 Å². The number of anilines is 1. The van der Waals surface area contributed by atoms with Gasteiger partial charge >= 0.3 is 0 Å². The van der Waals surface area contributed by atoms with Gasteiger partial charge in [-0.25, -0.2) is 4.98 Å². The molecule has 0 saturated heterocycles. The second kappa shape index (κ2) is 9.39. The zero-order valence-electron chi connectivity index (χ0n) is 18.3. The van der Waals surface area contributed by atoms with E-state index < -0.39 is 0 Å². The highest BCUT2D eigenvalue weighted by Gasteiger charge is 2.16. The molecule has 1 aliphatic rings. The van der Waals surface area contributed by atoms with Crippen LogP contribution in [0.1, 0.15) is 44.9 Å². The summed E-state index contributed by atoms with van der Waals surface area (Å²) >= 11 is 0. The predicted octanol–water partition coefficient (Wildman–Crippen LogP) is 6.97. The van der Waals surface area contributed by atoms with Crippen LogP contribution < -0.4 is 5.32 Å². The first-order chi connectivity index (χ1) is 15.8. The molecule has 1 amide bonds. The van der Waals surface area contributed by atoms with E-state index in [0.29, 0.717) is 12.3 Å². The number of pyridine rings is 1. The maximum absolute atomic E-state index is 12.6. The molecule has 4 nitrogen and oxygen atoms in total. The lowest BCUT2D eigenvalue weighted by atomic mass is 9.86. The zero-order valence-corrected chi connectivity index (χ0v) is 18.3. The predicted molar refractivity (Wildman–Crippen MR) is 131 cm³/mol. The number of hydrogen-bond acceptors (Lipinski definition) is 2. The first kappa shape index (κ1) is 20.5. The molecule has 1 saturated carbocycles. The summed E-state index contributed by atoms with van der Waals surface area (Å²) in [6.07, 6.45) is 12.1. The van der Waals surface area contributed by atoms with Gasteiger partial charge in [-0.3, -0.25) is 4.79 Å². The Bertz CT molecular complexity index is 1190. The van der Waals surface area contributed by atoms with E-state index in [1.165, 1.54) is 43.2 Å². The SMILES string of the molecule is O=C(CCC1CCCCC1)Nc1cccn2cc(-c3ccc(-c4ccccc4)cc3)nc12. The van der Waals surface area contributed by atoms with Crippen molar-refractivity contribution in [1.29, 1.82) is 0 Å². The third-order valence-corrected chi connectivity index (χ3v) is 6.55. The van der Waals surface area contributed by atoms with Gasteiger partial charge in [0.05, 0.1) is 11.4 Å². The number of nitrogens with one attached hydrogen (secondary N) is 1. The van der Waals surface area contributed by atoms with E-state index in [1.807, 2.05) is 35.0 Å². The summed E-state index contributed by atoms with van der Waals surface area (Å²) in [4.78, 5) is 17.4. The third-order valence-electron chi connectivity index (χ3n) is 6.55. The minimum absolute atomic E-state index is 0.0837. The van der Waals surface area contributed by atoms with Crippen molar-refractivity contribution in [2.75, 3.05) is 5.32 Å². The fourth-order valence-electron chi connectivity index (χ4n) is 4.74. The van der Waals surface area contributed by atoms with Crippen molar-refractivity contribution in [3.63, 3.8) is 0 Å². The van der Waals surface area contributed by atoms with Gasteiger partial charge in [0.25, 0.3) is 0 Å². The number of benzene rings is 2. The molecule has 0 bridgehead atoms. The van der Waals surface area contributed by atoms with E-state index >= 15 is 0 Å². The molecule has 0 atom stereocenters. The molecule has 0 aliphatic heterocycles. The lowest BCUT2D eigenvalue weighted by Gasteiger charge is -2.21. The van der Waals surface area contributed by atoms with Gasteiger partial charge in [0, 0.05) is 24.4 Å². The van der Waals surface area contributed by atoms with E-state index in [2.05, 4.69) is 53.8 Å². The number of carbonyl (C=O) groups is 1.